The van der Waals surface area contributed by atoms with Crippen LogP contribution < -0.4 is 10.1 Å². The molecule has 0 aliphatic carbocycles. The zero-order valence-corrected chi connectivity index (χ0v) is 12.1. The van der Waals surface area contributed by atoms with Gasteiger partial charge in [-0.2, -0.15) is 0 Å². The van der Waals surface area contributed by atoms with Gasteiger partial charge in [-0.05, 0) is 50.1 Å². The Morgan fingerprint density at radius 3 is 2.58 bits per heavy atom. The van der Waals surface area contributed by atoms with E-state index in [1.165, 1.54) is 12.8 Å². The number of ether oxygens (including phenoxy) is 1. The van der Waals surface area contributed by atoms with Crippen LogP contribution in [-0.2, 0) is 9.84 Å². The first-order valence-corrected chi connectivity index (χ1v) is 8.37. The Bertz CT molecular complexity index is 490. The molecule has 1 fully saturated rings. The van der Waals surface area contributed by atoms with Crippen molar-refractivity contribution in [1.29, 1.82) is 0 Å². The Hall–Kier alpha value is -1.07. The fourth-order valence-electron chi connectivity index (χ4n) is 2.37. The van der Waals surface area contributed by atoms with Crippen molar-refractivity contribution in [2.24, 2.45) is 0 Å². The van der Waals surface area contributed by atoms with Gasteiger partial charge in [0.2, 0.25) is 0 Å². The third-order valence-corrected chi connectivity index (χ3v) is 5.33. The second-order valence-electron chi connectivity index (χ2n) is 4.93. The van der Waals surface area contributed by atoms with Gasteiger partial charge in [-0.15, -0.1) is 0 Å². The molecule has 0 bridgehead atoms. The molecule has 1 N–H and O–H groups in total. The minimum absolute atomic E-state index is 0.205. The van der Waals surface area contributed by atoms with Crippen LogP contribution in [-0.4, -0.2) is 33.9 Å². The van der Waals surface area contributed by atoms with Gasteiger partial charge in [0.25, 0.3) is 0 Å². The molecule has 5 heteroatoms. The molecule has 0 spiro atoms. The van der Waals surface area contributed by atoms with E-state index >= 15 is 0 Å². The summed E-state index contributed by atoms with van der Waals surface area (Å²) in [7, 11) is -1.61. The van der Waals surface area contributed by atoms with Crippen LogP contribution in [0.5, 0.6) is 5.75 Å². The predicted molar refractivity (Wildman–Crippen MR) is 75.3 cm³/mol. The number of piperidine rings is 1. The largest absolute Gasteiger partial charge is 0.497 e. The van der Waals surface area contributed by atoms with Crippen molar-refractivity contribution in [1.82, 2.24) is 5.32 Å². The molecule has 0 aromatic heterocycles. The summed E-state index contributed by atoms with van der Waals surface area (Å²) in [5.41, 5.74) is 0. The molecule has 4 nitrogen and oxygen atoms in total. The highest BCUT2D eigenvalue weighted by Crippen LogP contribution is 2.19. The molecule has 1 heterocycles. The van der Waals surface area contributed by atoms with Gasteiger partial charge in [0, 0.05) is 6.04 Å². The lowest BCUT2D eigenvalue weighted by Gasteiger charge is -2.23. The van der Waals surface area contributed by atoms with E-state index in [9.17, 15) is 8.42 Å². The lowest BCUT2D eigenvalue weighted by molar-refractivity contribution is 0.392. The van der Waals surface area contributed by atoms with E-state index in [0.29, 0.717) is 23.1 Å². The molecule has 2 rings (SSSR count). The average Bonchev–Trinajstić information content (AvgIpc) is 2.46. The first kappa shape index (κ1) is 14.3. The molecule has 19 heavy (non-hydrogen) atoms. The van der Waals surface area contributed by atoms with Crippen LogP contribution in [0.3, 0.4) is 0 Å². The molecule has 1 aromatic carbocycles. The molecule has 1 unspecified atom stereocenters. The number of benzene rings is 1. The Balaban J connectivity index is 1.96. The van der Waals surface area contributed by atoms with Crippen molar-refractivity contribution in [3.8, 4) is 5.75 Å². The summed E-state index contributed by atoms with van der Waals surface area (Å²) < 4.78 is 29.4. The topological polar surface area (TPSA) is 55.4 Å². The summed E-state index contributed by atoms with van der Waals surface area (Å²) in [5.74, 6) is 0.879. The molecule has 1 aliphatic rings. The standard InChI is InChI=1S/C14H21NO3S/c1-18-13-5-7-14(8-6-13)19(16,17)11-9-12-4-2-3-10-15-12/h5-8,12,15H,2-4,9-11H2,1H3. The van der Waals surface area contributed by atoms with Crippen LogP contribution in [0.25, 0.3) is 0 Å². The molecule has 1 aliphatic heterocycles. The number of methoxy groups -OCH3 is 1. The maximum atomic E-state index is 12.2. The summed E-state index contributed by atoms with van der Waals surface area (Å²) in [6.45, 7) is 1.01. The summed E-state index contributed by atoms with van der Waals surface area (Å²) in [5, 5.41) is 3.38. The van der Waals surface area contributed by atoms with Crippen LogP contribution in [0.15, 0.2) is 29.2 Å². The highest BCUT2D eigenvalue weighted by atomic mass is 32.2. The Kier molecular flexibility index (Phi) is 4.82. The summed E-state index contributed by atoms with van der Waals surface area (Å²) >= 11 is 0. The zero-order valence-electron chi connectivity index (χ0n) is 11.3. The molecule has 1 saturated heterocycles. The fraction of sp³-hybridized carbons (Fsp3) is 0.571. The van der Waals surface area contributed by atoms with Gasteiger partial charge in [0.05, 0.1) is 17.8 Å². The van der Waals surface area contributed by atoms with Crippen LogP contribution in [0, 0.1) is 0 Å². The molecule has 0 radical (unpaired) electrons. The summed E-state index contributed by atoms with van der Waals surface area (Å²) in [4.78, 5) is 0.379. The Morgan fingerprint density at radius 2 is 2.00 bits per heavy atom. The van der Waals surface area contributed by atoms with Crippen molar-refractivity contribution < 1.29 is 13.2 Å². The van der Waals surface area contributed by atoms with Gasteiger partial charge < -0.3 is 10.1 Å². The van der Waals surface area contributed by atoms with E-state index in [-0.39, 0.29) is 5.75 Å². The molecule has 106 valence electrons. The number of sulfone groups is 1. The molecular formula is C14H21NO3S. The highest BCUT2D eigenvalue weighted by Gasteiger charge is 2.19. The summed E-state index contributed by atoms with van der Waals surface area (Å²) in [6.07, 6.45) is 4.16. The van der Waals surface area contributed by atoms with Crippen LogP contribution in [0.1, 0.15) is 25.7 Å². The fourth-order valence-corrected chi connectivity index (χ4v) is 3.75. The smallest absolute Gasteiger partial charge is 0.178 e. The molecule has 0 saturated carbocycles. The first-order valence-electron chi connectivity index (χ1n) is 6.72. The summed E-state index contributed by atoms with van der Waals surface area (Å²) in [6, 6.07) is 6.95. The Morgan fingerprint density at radius 1 is 1.26 bits per heavy atom. The van der Waals surface area contributed by atoms with Gasteiger partial charge in [0.15, 0.2) is 9.84 Å². The number of rotatable bonds is 5. The van der Waals surface area contributed by atoms with Gasteiger partial charge in [-0.1, -0.05) is 6.42 Å². The van der Waals surface area contributed by atoms with Crippen LogP contribution >= 0.6 is 0 Å². The Labute approximate surface area is 115 Å². The van der Waals surface area contributed by atoms with Crippen molar-refractivity contribution in [2.75, 3.05) is 19.4 Å². The molecular weight excluding hydrogens is 262 g/mol. The van der Waals surface area contributed by atoms with E-state index in [0.717, 1.165) is 13.0 Å². The SMILES string of the molecule is COc1ccc(S(=O)(=O)CCC2CCCCN2)cc1. The van der Waals surface area contributed by atoms with Gasteiger partial charge in [-0.3, -0.25) is 0 Å². The minimum Gasteiger partial charge on any atom is -0.497 e. The second kappa shape index (κ2) is 6.39. The second-order valence-corrected chi connectivity index (χ2v) is 7.04. The molecule has 1 aromatic rings. The maximum absolute atomic E-state index is 12.2. The van der Waals surface area contributed by atoms with Gasteiger partial charge >= 0.3 is 0 Å². The van der Waals surface area contributed by atoms with E-state index in [1.807, 2.05) is 0 Å². The van der Waals surface area contributed by atoms with E-state index < -0.39 is 9.84 Å². The van der Waals surface area contributed by atoms with E-state index in [2.05, 4.69) is 5.32 Å². The maximum Gasteiger partial charge on any atom is 0.178 e. The first-order chi connectivity index (χ1) is 9.12. The lowest BCUT2D eigenvalue weighted by Crippen LogP contribution is -2.35. The average molecular weight is 283 g/mol. The number of hydrogen-bond donors (Lipinski definition) is 1. The number of hydrogen-bond acceptors (Lipinski definition) is 4. The van der Waals surface area contributed by atoms with E-state index in [1.54, 1.807) is 31.4 Å². The lowest BCUT2D eigenvalue weighted by atomic mass is 10.0. The van der Waals surface area contributed by atoms with Crippen molar-refractivity contribution in [3.05, 3.63) is 24.3 Å². The van der Waals surface area contributed by atoms with Crippen LogP contribution in [0.4, 0.5) is 0 Å². The predicted octanol–water partition coefficient (Wildman–Crippen LogP) is 2.00. The van der Waals surface area contributed by atoms with Crippen molar-refractivity contribution in [2.45, 2.75) is 36.6 Å². The zero-order chi connectivity index (χ0) is 13.7. The van der Waals surface area contributed by atoms with Crippen molar-refractivity contribution in [3.63, 3.8) is 0 Å². The van der Waals surface area contributed by atoms with Gasteiger partial charge in [-0.25, -0.2) is 8.42 Å². The minimum atomic E-state index is -3.18. The van der Waals surface area contributed by atoms with E-state index in [4.69, 9.17) is 4.74 Å². The normalized spacial score (nSPS) is 20.2. The van der Waals surface area contributed by atoms with Crippen molar-refractivity contribution >= 4 is 9.84 Å². The third-order valence-electron chi connectivity index (χ3n) is 3.57. The van der Waals surface area contributed by atoms with Gasteiger partial charge in [0.1, 0.15) is 5.75 Å². The third kappa shape index (κ3) is 3.94. The number of nitrogens with one attached hydrogen (secondary N) is 1. The molecule has 1 atom stereocenters. The highest BCUT2D eigenvalue weighted by molar-refractivity contribution is 7.91. The quantitative estimate of drug-likeness (QED) is 0.898. The van der Waals surface area contributed by atoms with Crippen LogP contribution in [0.2, 0.25) is 0 Å². The monoisotopic (exact) mass is 283 g/mol. The molecule has 0 amide bonds.